The molecule has 0 saturated heterocycles. The number of esters is 1. The van der Waals surface area contributed by atoms with Crippen LogP contribution in [0.5, 0.6) is 0 Å². The fourth-order valence-electron chi connectivity index (χ4n) is 2.32. The second-order valence-corrected chi connectivity index (χ2v) is 4.97. The van der Waals surface area contributed by atoms with Crippen LogP contribution in [0.4, 0.5) is 0 Å². The Labute approximate surface area is 102 Å². The van der Waals surface area contributed by atoms with E-state index in [0.29, 0.717) is 5.56 Å². The predicted octanol–water partition coefficient (Wildman–Crippen LogP) is 2.43. The fraction of sp³-hybridized carbons (Fsp3) is 0.500. The van der Waals surface area contributed by atoms with Crippen molar-refractivity contribution in [1.29, 1.82) is 0 Å². The predicted molar refractivity (Wildman–Crippen MR) is 67.0 cm³/mol. The second kappa shape index (κ2) is 4.15. The second-order valence-electron chi connectivity index (χ2n) is 4.97. The third kappa shape index (κ3) is 1.95. The van der Waals surface area contributed by atoms with Gasteiger partial charge in [0.2, 0.25) is 0 Å². The summed E-state index contributed by atoms with van der Waals surface area (Å²) in [6, 6.07) is 3.99. The zero-order valence-corrected chi connectivity index (χ0v) is 10.7. The molecule has 0 radical (unpaired) electrons. The van der Waals surface area contributed by atoms with E-state index >= 15 is 0 Å². The highest BCUT2D eigenvalue weighted by molar-refractivity contribution is 5.91. The van der Waals surface area contributed by atoms with Gasteiger partial charge in [0.25, 0.3) is 0 Å². The van der Waals surface area contributed by atoms with Crippen LogP contribution < -0.4 is 5.73 Å². The minimum Gasteiger partial charge on any atom is -0.465 e. The summed E-state index contributed by atoms with van der Waals surface area (Å²) < 4.78 is 4.81. The molecule has 0 amide bonds. The maximum Gasteiger partial charge on any atom is 0.338 e. The highest BCUT2D eigenvalue weighted by Crippen LogP contribution is 2.39. The molecule has 1 fully saturated rings. The molecule has 92 valence electrons. The normalized spacial score (nSPS) is 17.4. The highest BCUT2D eigenvalue weighted by atomic mass is 16.5. The van der Waals surface area contributed by atoms with E-state index < -0.39 is 0 Å². The number of carbonyl (C=O) groups excluding carboxylic acids is 1. The van der Waals surface area contributed by atoms with Crippen molar-refractivity contribution in [1.82, 2.24) is 0 Å². The van der Waals surface area contributed by atoms with Gasteiger partial charge in [-0.25, -0.2) is 4.79 Å². The Balaban J connectivity index is 2.49. The topological polar surface area (TPSA) is 52.3 Å². The van der Waals surface area contributed by atoms with Crippen LogP contribution in [0.2, 0.25) is 0 Å². The van der Waals surface area contributed by atoms with E-state index in [4.69, 9.17) is 10.5 Å². The maximum atomic E-state index is 11.7. The zero-order chi connectivity index (χ0) is 12.6. The molecule has 0 atom stereocenters. The number of carbonyl (C=O) groups is 1. The fourth-order valence-corrected chi connectivity index (χ4v) is 2.32. The Kier molecular flexibility index (Phi) is 2.96. The first-order valence-electron chi connectivity index (χ1n) is 5.97. The highest BCUT2D eigenvalue weighted by Gasteiger charge is 2.35. The molecule has 0 bridgehead atoms. The number of ether oxygens (including phenoxy) is 1. The minimum absolute atomic E-state index is 0.235. The van der Waals surface area contributed by atoms with Crippen LogP contribution >= 0.6 is 0 Å². The molecule has 1 aromatic carbocycles. The van der Waals surface area contributed by atoms with Crippen molar-refractivity contribution in [3.8, 4) is 0 Å². The Morgan fingerprint density at radius 3 is 2.47 bits per heavy atom. The maximum absolute atomic E-state index is 11.7. The zero-order valence-electron chi connectivity index (χ0n) is 10.7. The lowest BCUT2D eigenvalue weighted by Gasteiger charge is -2.39. The summed E-state index contributed by atoms with van der Waals surface area (Å²) in [7, 11) is 1.41. The van der Waals surface area contributed by atoms with Gasteiger partial charge in [0.1, 0.15) is 0 Å². The van der Waals surface area contributed by atoms with E-state index in [1.807, 2.05) is 19.9 Å². The molecule has 3 heteroatoms. The van der Waals surface area contributed by atoms with E-state index in [9.17, 15) is 4.79 Å². The summed E-state index contributed by atoms with van der Waals surface area (Å²) in [5.41, 5.74) is 9.84. The molecule has 17 heavy (non-hydrogen) atoms. The summed E-state index contributed by atoms with van der Waals surface area (Å²) in [5, 5.41) is 0. The van der Waals surface area contributed by atoms with Gasteiger partial charge in [-0.3, -0.25) is 0 Å². The van der Waals surface area contributed by atoms with Crippen molar-refractivity contribution in [3.05, 3.63) is 34.4 Å². The first kappa shape index (κ1) is 12.1. The quantitative estimate of drug-likeness (QED) is 0.798. The van der Waals surface area contributed by atoms with Gasteiger partial charge < -0.3 is 10.5 Å². The van der Waals surface area contributed by atoms with E-state index in [0.717, 1.165) is 36.0 Å². The third-order valence-electron chi connectivity index (χ3n) is 3.89. The van der Waals surface area contributed by atoms with E-state index in [1.54, 1.807) is 0 Å². The Morgan fingerprint density at radius 1 is 1.35 bits per heavy atom. The summed E-state index contributed by atoms with van der Waals surface area (Å²) in [6.45, 7) is 3.95. The number of methoxy groups -OCH3 is 1. The monoisotopic (exact) mass is 233 g/mol. The SMILES string of the molecule is COC(=O)c1cc(C2(N)CCC2)cc(C)c1C. The van der Waals surface area contributed by atoms with E-state index in [1.165, 1.54) is 7.11 Å². The molecule has 0 unspecified atom stereocenters. The summed E-state index contributed by atoms with van der Waals surface area (Å²) >= 11 is 0. The molecular formula is C14H19NO2. The van der Waals surface area contributed by atoms with Crippen molar-refractivity contribution >= 4 is 5.97 Å². The van der Waals surface area contributed by atoms with Gasteiger partial charge in [0.15, 0.2) is 0 Å². The van der Waals surface area contributed by atoms with Gasteiger partial charge in [-0.05, 0) is 55.9 Å². The molecule has 2 N–H and O–H groups in total. The van der Waals surface area contributed by atoms with Crippen LogP contribution in [-0.2, 0) is 10.3 Å². The van der Waals surface area contributed by atoms with Crippen molar-refractivity contribution in [3.63, 3.8) is 0 Å². The molecule has 0 aliphatic heterocycles. The molecule has 0 aromatic heterocycles. The number of aryl methyl sites for hydroxylation is 1. The lowest BCUT2D eigenvalue weighted by molar-refractivity contribution is 0.0599. The van der Waals surface area contributed by atoms with Crippen LogP contribution in [0.15, 0.2) is 12.1 Å². The van der Waals surface area contributed by atoms with Crippen LogP contribution in [0.1, 0.15) is 46.3 Å². The molecule has 1 aliphatic rings. The molecule has 0 heterocycles. The smallest absolute Gasteiger partial charge is 0.338 e. The van der Waals surface area contributed by atoms with Crippen LogP contribution in [0.25, 0.3) is 0 Å². The Morgan fingerprint density at radius 2 is 2.00 bits per heavy atom. The minimum atomic E-state index is -0.282. The number of nitrogens with two attached hydrogens (primary N) is 1. The largest absolute Gasteiger partial charge is 0.465 e. The van der Waals surface area contributed by atoms with E-state index in [2.05, 4.69) is 6.07 Å². The third-order valence-corrected chi connectivity index (χ3v) is 3.89. The average Bonchev–Trinajstić information content (AvgIpc) is 2.28. The Hall–Kier alpha value is -1.35. The van der Waals surface area contributed by atoms with Crippen molar-refractivity contribution < 1.29 is 9.53 Å². The van der Waals surface area contributed by atoms with Gasteiger partial charge in [-0.1, -0.05) is 6.07 Å². The molecule has 1 aromatic rings. The van der Waals surface area contributed by atoms with E-state index in [-0.39, 0.29) is 11.5 Å². The molecule has 2 rings (SSSR count). The number of benzene rings is 1. The van der Waals surface area contributed by atoms with Gasteiger partial charge in [0, 0.05) is 5.54 Å². The lowest BCUT2D eigenvalue weighted by atomic mass is 9.72. The molecule has 0 spiro atoms. The number of hydrogen-bond donors (Lipinski definition) is 1. The van der Waals surface area contributed by atoms with Gasteiger partial charge in [0.05, 0.1) is 12.7 Å². The first-order valence-corrected chi connectivity index (χ1v) is 5.97. The van der Waals surface area contributed by atoms with Crippen molar-refractivity contribution in [2.24, 2.45) is 5.73 Å². The average molecular weight is 233 g/mol. The molecular weight excluding hydrogens is 214 g/mol. The van der Waals surface area contributed by atoms with Crippen molar-refractivity contribution in [2.75, 3.05) is 7.11 Å². The summed E-state index contributed by atoms with van der Waals surface area (Å²) in [6.07, 6.45) is 3.16. The molecule has 1 aliphatic carbocycles. The number of rotatable bonds is 2. The first-order chi connectivity index (χ1) is 7.98. The van der Waals surface area contributed by atoms with Gasteiger partial charge in [-0.2, -0.15) is 0 Å². The molecule has 3 nitrogen and oxygen atoms in total. The molecule has 1 saturated carbocycles. The summed E-state index contributed by atoms with van der Waals surface area (Å²) in [5.74, 6) is -0.282. The van der Waals surface area contributed by atoms with Crippen molar-refractivity contribution in [2.45, 2.75) is 38.6 Å². The summed E-state index contributed by atoms with van der Waals surface area (Å²) in [4.78, 5) is 11.7. The lowest BCUT2D eigenvalue weighted by Crippen LogP contribution is -2.43. The van der Waals surface area contributed by atoms with Crippen LogP contribution in [0.3, 0.4) is 0 Å². The van der Waals surface area contributed by atoms with Gasteiger partial charge in [-0.15, -0.1) is 0 Å². The Bertz CT molecular complexity index is 462. The van der Waals surface area contributed by atoms with Crippen LogP contribution in [0, 0.1) is 13.8 Å². The van der Waals surface area contributed by atoms with Gasteiger partial charge >= 0.3 is 5.97 Å². The number of hydrogen-bond acceptors (Lipinski definition) is 3. The van der Waals surface area contributed by atoms with Crippen LogP contribution in [-0.4, -0.2) is 13.1 Å². The standard InChI is InChI=1S/C14H19NO2/c1-9-7-11(14(15)5-4-6-14)8-12(10(9)2)13(16)17-3/h7-8H,4-6,15H2,1-3H3.